The average molecular weight is 311 g/mol. The summed E-state index contributed by atoms with van der Waals surface area (Å²) >= 11 is 6.12. The zero-order valence-electron chi connectivity index (χ0n) is 12.3. The summed E-state index contributed by atoms with van der Waals surface area (Å²) in [5.41, 5.74) is 4.18. The lowest BCUT2D eigenvalue weighted by Gasteiger charge is -2.09. The molecule has 3 aromatic rings. The number of benzene rings is 1. The standard InChI is InChI=1S/C17H15ClN4/c1-11-6-12(2)8-14(7-11)20-16-9-15(18)21-17(22-16)13-4-3-5-19-10-13/h3-10H,1-2H3,(H,20,21,22). The van der Waals surface area contributed by atoms with Gasteiger partial charge in [-0.3, -0.25) is 4.98 Å². The fourth-order valence-electron chi connectivity index (χ4n) is 2.30. The molecule has 4 nitrogen and oxygen atoms in total. The molecule has 0 fully saturated rings. The quantitative estimate of drug-likeness (QED) is 0.721. The van der Waals surface area contributed by atoms with Crippen molar-refractivity contribution in [2.45, 2.75) is 13.8 Å². The van der Waals surface area contributed by atoms with Gasteiger partial charge in [0.1, 0.15) is 11.0 Å². The van der Waals surface area contributed by atoms with Crippen molar-refractivity contribution in [2.75, 3.05) is 5.32 Å². The Kier molecular flexibility index (Phi) is 4.02. The number of rotatable bonds is 3. The van der Waals surface area contributed by atoms with Crippen molar-refractivity contribution in [2.24, 2.45) is 0 Å². The Balaban J connectivity index is 1.96. The molecule has 2 heterocycles. The van der Waals surface area contributed by atoms with E-state index in [0.717, 1.165) is 11.3 Å². The molecule has 0 spiro atoms. The molecule has 0 amide bonds. The van der Waals surface area contributed by atoms with Crippen molar-refractivity contribution in [1.29, 1.82) is 0 Å². The van der Waals surface area contributed by atoms with Crippen LogP contribution in [0, 0.1) is 13.8 Å². The van der Waals surface area contributed by atoms with Gasteiger partial charge in [0.2, 0.25) is 0 Å². The lowest BCUT2D eigenvalue weighted by atomic mass is 10.1. The fourth-order valence-corrected chi connectivity index (χ4v) is 2.48. The van der Waals surface area contributed by atoms with E-state index in [2.05, 4.69) is 52.3 Å². The molecule has 0 saturated carbocycles. The maximum absolute atomic E-state index is 6.12. The van der Waals surface area contributed by atoms with Gasteiger partial charge >= 0.3 is 0 Å². The number of nitrogens with one attached hydrogen (secondary N) is 1. The second-order valence-corrected chi connectivity index (χ2v) is 5.53. The predicted octanol–water partition coefficient (Wildman–Crippen LogP) is 4.55. The Morgan fingerprint density at radius 3 is 2.45 bits per heavy atom. The van der Waals surface area contributed by atoms with Crippen LogP contribution in [-0.4, -0.2) is 15.0 Å². The van der Waals surface area contributed by atoms with Crippen molar-refractivity contribution in [3.8, 4) is 11.4 Å². The van der Waals surface area contributed by atoms with Gasteiger partial charge in [0, 0.05) is 29.7 Å². The van der Waals surface area contributed by atoms with Gasteiger partial charge in [0.25, 0.3) is 0 Å². The topological polar surface area (TPSA) is 50.7 Å². The van der Waals surface area contributed by atoms with Crippen molar-refractivity contribution >= 4 is 23.1 Å². The first-order valence-corrected chi connectivity index (χ1v) is 7.28. The first-order chi connectivity index (χ1) is 10.6. The molecule has 0 aliphatic rings. The molecule has 3 rings (SSSR count). The highest BCUT2D eigenvalue weighted by Crippen LogP contribution is 2.23. The van der Waals surface area contributed by atoms with Crippen LogP contribution in [0.25, 0.3) is 11.4 Å². The van der Waals surface area contributed by atoms with Gasteiger partial charge in [-0.15, -0.1) is 0 Å². The zero-order valence-corrected chi connectivity index (χ0v) is 13.1. The lowest BCUT2D eigenvalue weighted by molar-refractivity contribution is 1.16. The van der Waals surface area contributed by atoms with E-state index in [1.807, 2.05) is 12.1 Å². The number of nitrogens with zero attached hydrogens (tertiary/aromatic N) is 3. The third kappa shape index (κ3) is 3.40. The highest BCUT2D eigenvalue weighted by molar-refractivity contribution is 6.29. The molecule has 1 aromatic carbocycles. The summed E-state index contributed by atoms with van der Waals surface area (Å²) in [6, 6.07) is 11.7. The van der Waals surface area contributed by atoms with Gasteiger partial charge < -0.3 is 5.32 Å². The maximum atomic E-state index is 6.12. The number of halogens is 1. The first kappa shape index (κ1) is 14.5. The number of anilines is 2. The SMILES string of the molecule is Cc1cc(C)cc(Nc2cc(Cl)nc(-c3cccnc3)n2)c1. The van der Waals surface area contributed by atoms with Gasteiger partial charge in [-0.05, 0) is 49.2 Å². The molecule has 1 N–H and O–H groups in total. The summed E-state index contributed by atoms with van der Waals surface area (Å²) in [7, 11) is 0. The molecular weight excluding hydrogens is 296 g/mol. The average Bonchev–Trinajstić information content (AvgIpc) is 2.46. The van der Waals surface area contributed by atoms with E-state index in [-0.39, 0.29) is 0 Å². The van der Waals surface area contributed by atoms with Crippen LogP contribution in [0.1, 0.15) is 11.1 Å². The van der Waals surface area contributed by atoms with Gasteiger partial charge in [0.15, 0.2) is 5.82 Å². The predicted molar refractivity (Wildman–Crippen MR) is 89.5 cm³/mol. The number of aryl methyl sites for hydroxylation is 2. The number of pyridine rings is 1. The number of hydrogen-bond donors (Lipinski definition) is 1. The van der Waals surface area contributed by atoms with E-state index in [0.29, 0.717) is 16.8 Å². The first-order valence-electron chi connectivity index (χ1n) is 6.90. The minimum absolute atomic E-state index is 0.390. The molecule has 2 aromatic heterocycles. The van der Waals surface area contributed by atoms with Crippen molar-refractivity contribution in [3.05, 3.63) is 65.1 Å². The van der Waals surface area contributed by atoms with E-state index in [4.69, 9.17) is 11.6 Å². The summed E-state index contributed by atoms with van der Waals surface area (Å²) < 4.78 is 0. The van der Waals surface area contributed by atoms with Crippen molar-refractivity contribution < 1.29 is 0 Å². The summed E-state index contributed by atoms with van der Waals surface area (Å²) in [6.07, 6.45) is 3.43. The van der Waals surface area contributed by atoms with Gasteiger partial charge in [-0.2, -0.15) is 0 Å². The van der Waals surface area contributed by atoms with Gasteiger partial charge in [0.05, 0.1) is 0 Å². The Morgan fingerprint density at radius 1 is 1.00 bits per heavy atom. The molecular formula is C17H15ClN4. The summed E-state index contributed by atoms with van der Waals surface area (Å²) in [4.78, 5) is 12.9. The summed E-state index contributed by atoms with van der Waals surface area (Å²) in [5.74, 6) is 1.20. The molecule has 0 atom stereocenters. The lowest BCUT2D eigenvalue weighted by Crippen LogP contribution is -1.98. The third-order valence-corrected chi connectivity index (χ3v) is 3.30. The Bertz CT molecular complexity index is 783. The highest BCUT2D eigenvalue weighted by Gasteiger charge is 2.07. The molecule has 0 bridgehead atoms. The summed E-state index contributed by atoms with van der Waals surface area (Å²) in [5, 5.41) is 3.67. The minimum Gasteiger partial charge on any atom is -0.340 e. The number of hydrogen-bond acceptors (Lipinski definition) is 4. The second-order valence-electron chi connectivity index (χ2n) is 5.14. The maximum Gasteiger partial charge on any atom is 0.164 e. The van der Waals surface area contributed by atoms with Crippen molar-refractivity contribution in [1.82, 2.24) is 15.0 Å². The molecule has 0 radical (unpaired) electrons. The van der Waals surface area contributed by atoms with Crippen LogP contribution in [0.3, 0.4) is 0 Å². The molecule has 0 unspecified atom stereocenters. The van der Waals surface area contributed by atoms with E-state index in [1.54, 1.807) is 18.5 Å². The smallest absolute Gasteiger partial charge is 0.164 e. The minimum atomic E-state index is 0.390. The van der Waals surface area contributed by atoms with Gasteiger partial charge in [-0.25, -0.2) is 9.97 Å². The van der Waals surface area contributed by atoms with Crippen LogP contribution in [0.2, 0.25) is 5.15 Å². The Hall–Kier alpha value is -2.46. The van der Waals surface area contributed by atoms with E-state index in [1.165, 1.54) is 11.1 Å². The second kappa shape index (κ2) is 6.12. The normalized spacial score (nSPS) is 10.5. The number of aromatic nitrogens is 3. The molecule has 110 valence electrons. The zero-order chi connectivity index (χ0) is 15.5. The third-order valence-electron chi connectivity index (χ3n) is 3.11. The fraction of sp³-hybridized carbons (Fsp3) is 0.118. The molecule has 0 saturated heterocycles. The molecule has 0 aliphatic heterocycles. The highest BCUT2D eigenvalue weighted by atomic mass is 35.5. The van der Waals surface area contributed by atoms with Crippen LogP contribution in [0.4, 0.5) is 11.5 Å². The summed E-state index contributed by atoms with van der Waals surface area (Å²) in [6.45, 7) is 4.12. The van der Waals surface area contributed by atoms with Crippen molar-refractivity contribution in [3.63, 3.8) is 0 Å². The largest absolute Gasteiger partial charge is 0.340 e. The monoisotopic (exact) mass is 310 g/mol. The van der Waals surface area contributed by atoms with Gasteiger partial charge in [-0.1, -0.05) is 17.7 Å². The van der Waals surface area contributed by atoms with Crippen LogP contribution in [0.5, 0.6) is 0 Å². The van der Waals surface area contributed by atoms with Crippen LogP contribution >= 0.6 is 11.6 Å². The van der Waals surface area contributed by atoms with Crippen LogP contribution in [0.15, 0.2) is 48.8 Å². The Morgan fingerprint density at radius 2 is 1.77 bits per heavy atom. The molecule has 22 heavy (non-hydrogen) atoms. The molecule has 0 aliphatic carbocycles. The molecule has 5 heteroatoms. The van der Waals surface area contributed by atoms with E-state index >= 15 is 0 Å². The van der Waals surface area contributed by atoms with Crippen LogP contribution < -0.4 is 5.32 Å². The Labute approximate surface area is 134 Å². The van der Waals surface area contributed by atoms with E-state index in [9.17, 15) is 0 Å². The van der Waals surface area contributed by atoms with E-state index < -0.39 is 0 Å². The van der Waals surface area contributed by atoms with Crippen LogP contribution in [-0.2, 0) is 0 Å².